The fourth-order valence-corrected chi connectivity index (χ4v) is 4.26. The summed E-state index contributed by atoms with van der Waals surface area (Å²) in [5, 5.41) is 0. The van der Waals surface area contributed by atoms with Crippen molar-refractivity contribution >= 4 is 11.7 Å². The largest absolute Gasteiger partial charge is 0.253 e. The topological polar surface area (TPSA) is 51.0 Å². The molecule has 4 nitrogen and oxygen atoms in total. The molecule has 2 rings (SSSR count). The second-order valence-electron chi connectivity index (χ2n) is 12.1. The molecule has 0 saturated carbocycles. The lowest BCUT2D eigenvalue weighted by molar-refractivity contribution is 0.246. The first-order valence-corrected chi connectivity index (χ1v) is 11.2. The van der Waals surface area contributed by atoms with E-state index in [0.29, 0.717) is 23.0 Å². The van der Waals surface area contributed by atoms with Crippen LogP contribution < -0.4 is 0 Å². The van der Waals surface area contributed by atoms with Crippen molar-refractivity contribution in [3.8, 4) is 0 Å². The minimum absolute atomic E-state index is 0.0124. The first-order chi connectivity index (χ1) is 13.6. The predicted molar refractivity (Wildman–Crippen MR) is 128 cm³/mol. The highest BCUT2D eigenvalue weighted by Crippen LogP contribution is 2.42. The molecule has 0 N–H and O–H groups in total. The highest BCUT2D eigenvalue weighted by Gasteiger charge is 2.32. The van der Waals surface area contributed by atoms with E-state index in [9.17, 15) is 0 Å². The molecule has 166 valence electrons. The lowest BCUT2D eigenvalue weighted by Gasteiger charge is -2.36. The van der Waals surface area contributed by atoms with Gasteiger partial charge in [0.2, 0.25) is 0 Å². The lowest BCUT2D eigenvalue weighted by Crippen LogP contribution is -2.27. The Hall–Kier alpha value is -1.84. The first kappa shape index (κ1) is 24.4. The maximum atomic E-state index is 4.88. The number of hydrogen-bond acceptors (Lipinski definition) is 4. The van der Waals surface area contributed by atoms with E-state index in [1.807, 2.05) is 13.8 Å². The molecule has 4 heteroatoms. The van der Waals surface area contributed by atoms with E-state index in [-0.39, 0.29) is 16.2 Å². The van der Waals surface area contributed by atoms with Crippen molar-refractivity contribution in [3.63, 3.8) is 0 Å². The third-order valence-electron chi connectivity index (χ3n) is 5.55. The quantitative estimate of drug-likeness (QED) is 0.487. The second kappa shape index (κ2) is 8.72. The summed E-state index contributed by atoms with van der Waals surface area (Å²) in [7, 11) is 0. The number of allylic oxidation sites excluding steroid dienone is 4. The molecule has 2 atom stereocenters. The number of aryl methyl sites for hydroxylation is 2. The molecule has 1 aliphatic carbocycles. The normalized spacial score (nSPS) is 26.7. The van der Waals surface area contributed by atoms with E-state index in [1.165, 1.54) is 6.42 Å². The highest BCUT2D eigenvalue weighted by molar-refractivity contribution is 5.97. The molecule has 0 amide bonds. The molecule has 1 aromatic rings. The molecule has 0 bridgehead atoms. The van der Waals surface area contributed by atoms with Crippen LogP contribution in [0.1, 0.15) is 92.7 Å². The van der Waals surface area contributed by atoms with Gasteiger partial charge in [-0.05, 0) is 61.9 Å². The number of hydrogen-bond donors (Lipinski definition) is 0. The zero-order valence-corrected chi connectivity index (χ0v) is 20.9. The van der Waals surface area contributed by atoms with E-state index in [2.05, 4.69) is 94.6 Å². The summed E-state index contributed by atoms with van der Waals surface area (Å²) in [5.41, 5.74) is 1.63. The van der Waals surface area contributed by atoms with Crippen LogP contribution in [-0.2, 0) is 0 Å². The first-order valence-electron chi connectivity index (χ1n) is 11.2. The van der Waals surface area contributed by atoms with Crippen molar-refractivity contribution in [2.24, 2.45) is 26.7 Å². The van der Waals surface area contributed by atoms with Gasteiger partial charge in [0.25, 0.3) is 5.95 Å². The van der Waals surface area contributed by atoms with E-state index in [1.54, 1.807) is 0 Å². The minimum Gasteiger partial charge on any atom is -0.218 e. The standard InChI is InChI=1S/C26H42N4/c1-19-27-20(2)29-22(28-19)30-21-11-12-25(9,14-13-23(3,4)5)15-16-26(10,17-21)18-24(6,7)8/h11-12,15-16H,13-14,17-18H2,1-10H3. The zero-order valence-electron chi connectivity index (χ0n) is 20.9. The Kier molecular flexibility index (Phi) is 7.10. The van der Waals surface area contributed by atoms with Crippen LogP contribution >= 0.6 is 0 Å². The molecular formula is C26H42N4. The van der Waals surface area contributed by atoms with Gasteiger partial charge in [-0.2, -0.15) is 9.97 Å². The maximum Gasteiger partial charge on any atom is 0.253 e. The third-order valence-corrected chi connectivity index (χ3v) is 5.55. The van der Waals surface area contributed by atoms with Crippen molar-refractivity contribution in [2.45, 2.75) is 94.9 Å². The molecule has 0 radical (unpaired) electrons. The second-order valence-corrected chi connectivity index (χ2v) is 12.1. The molecule has 0 spiro atoms. The molecule has 1 aliphatic rings. The van der Waals surface area contributed by atoms with Crippen LogP contribution in [0.2, 0.25) is 0 Å². The summed E-state index contributed by atoms with van der Waals surface area (Å²) in [6.45, 7) is 22.4. The molecule has 2 unspecified atom stereocenters. The minimum atomic E-state index is 0.0124. The summed E-state index contributed by atoms with van der Waals surface area (Å²) in [6, 6.07) is 0. The van der Waals surface area contributed by atoms with Crippen molar-refractivity contribution in [1.82, 2.24) is 15.0 Å². The summed E-state index contributed by atoms with van der Waals surface area (Å²) in [5.74, 6) is 1.94. The van der Waals surface area contributed by atoms with Crippen LogP contribution in [-0.4, -0.2) is 20.7 Å². The van der Waals surface area contributed by atoms with Crippen LogP contribution in [0.5, 0.6) is 0 Å². The van der Waals surface area contributed by atoms with Gasteiger partial charge >= 0.3 is 0 Å². The van der Waals surface area contributed by atoms with Gasteiger partial charge in [-0.3, -0.25) is 0 Å². The van der Waals surface area contributed by atoms with Crippen LogP contribution in [0.3, 0.4) is 0 Å². The van der Waals surface area contributed by atoms with Crippen LogP contribution in [0.4, 0.5) is 5.95 Å². The smallest absolute Gasteiger partial charge is 0.218 e. The lowest BCUT2D eigenvalue weighted by atomic mass is 9.69. The van der Waals surface area contributed by atoms with Crippen molar-refractivity contribution < 1.29 is 0 Å². The van der Waals surface area contributed by atoms with Gasteiger partial charge in [-0.25, -0.2) is 9.98 Å². The number of aromatic nitrogens is 3. The molecule has 0 aliphatic heterocycles. The van der Waals surface area contributed by atoms with Crippen LogP contribution in [0.25, 0.3) is 0 Å². The van der Waals surface area contributed by atoms with Crippen LogP contribution in [0.15, 0.2) is 29.3 Å². The van der Waals surface area contributed by atoms with Crippen molar-refractivity contribution in [2.75, 3.05) is 0 Å². The average molecular weight is 411 g/mol. The van der Waals surface area contributed by atoms with Gasteiger partial charge in [-0.15, -0.1) is 0 Å². The predicted octanol–water partition coefficient (Wildman–Crippen LogP) is 7.35. The number of aliphatic imine (C=N–C) groups is 1. The van der Waals surface area contributed by atoms with Gasteiger partial charge in [0.1, 0.15) is 11.6 Å². The van der Waals surface area contributed by atoms with Gasteiger partial charge in [-0.1, -0.05) is 73.6 Å². The molecule has 0 fully saturated rings. The fraction of sp³-hybridized carbons (Fsp3) is 0.692. The van der Waals surface area contributed by atoms with Crippen molar-refractivity contribution in [3.05, 3.63) is 36.0 Å². The Balaban J connectivity index is 2.47. The monoisotopic (exact) mass is 410 g/mol. The Labute approximate surface area is 184 Å². The third kappa shape index (κ3) is 8.12. The van der Waals surface area contributed by atoms with E-state index < -0.39 is 0 Å². The Morgan fingerprint density at radius 3 is 2.00 bits per heavy atom. The molecular weight excluding hydrogens is 368 g/mol. The summed E-state index contributed by atoms with van der Waals surface area (Å²) < 4.78 is 0. The maximum absolute atomic E-state index is 4.88. The summed E-state index contributed by atoms with van der Waals surface area (Å²) >= 11 is 0. The zero-order chi connectivity index (χ0) is 22.8. The molecule has 1 heterocycles. The molecule has 30 heavy (non-hydrogen) atoms. The molecule has 1 aromatic heterocycles. The Morgan fingerprint density at radius 2 is 1.47 bits per heavy atom. The Bertz CT molecular complexity index is 815. The average Bonchev–Trinajstić information content (AvgIpc) is 2.52. The van der Waals surface area contributed by atoms with E-state index in [4.69, 9.17) is 4.99 Å². The van der Waals surface area contributed by atoms with Gasteiger partial charge < -0.3 is 0 Å². The van der Waals surface area contributed by atoms with Crippen molar-refractivity contribution in [1.29, 1.82) is 0 Å². The number of nitrogens with zero attached hydrogens (tertiary/aromatic N) is 4. The van der Waals surface area contributed by atoms with Gasteiger partial charge in [0, 0.05) is 11.1 Å². The fourth-order valence-electron chi connectivity index (χ4n) is 4.26. The number of rotatable bonds is 4. The highest BCUT2D eigenvalue weighted by atomic mass is 15.1. The van der Waals surface area contributed by atoms with Gasteiger partial charge in [0.05, 0.1) is 0 Å². The van der Waals surface area contributed by atoms with Gasteiger partial charge in [0.15, 0.2) is 0 Å². The summed E-state index contributed by atoms with van der Waals surface area (Å²) in [4.78, 5) is 18.1. The van der Waals surface area contributed by atoms with E-state index >= 15 is 0 Å². The molecule has 0 saturated heterocycles. The SMILES string of the molecule is Cc1nc(C)nc(N=C2C=CC(C)(CCC(C)(C)C)C=CC(C)(CC(C)(C)C)C2)n1. The Morgan fingerprint density at radius 1 is 0.867 bits per heavy atom. The van der Waals surface area contributed by atoms with E-state index in [0.717, 1.165) is 25.0 Å². The molecule has 0 aromatic carbocycles. The summed E-state index contributed by atoms with van der Waals surface area (Å²) in [6.07, 6.45) is 13.7. The van der Waals surface area contributed by atoms with Crippen LogP contribution in [0, 0.1) is 35.5 Å².